The van der Waals surface area contributed by atoms with Crippen LogP contribution < -0.4 is 5.32 Å². The molecule has 0 bridgehead atoms. The van der Waals surface area contributed by atoms with Gasteiger partial charge in [-0.15, -0.1) is 0 Å². The van der Waals surface area contributed by atoms with Gasteiger partial charge in [-0.1, -0.05) is 13.8 Å². The molecular formula is C12H21N3. The van der Waals surface area contributed by atoms with Crippen molar-refractivity contribution in [2.24, 2.45) is 12.5 Å². The Morgan fingerprint density at radius 1 is 1.60 bits per heavy atom. The molecule has 1 atom stereocenters. The molecule has 1 aromatic heterocycles. The van der Waals surface area contributed by atoms with Gasteiger partial charge in [0.05, 0.1) is 6.20 Å². The van der Waals surface area contributed by atoms with Crippen LogP contribution in [0.1, 0.15) is 37.4 Å². The highest BCUT2D eigenvalue weighted by Gasteiger charge is 2.36. The number of hydrogen-bond donors (Lipinski definition) is 1. The minimum Gasteiger partial charge on any atom is -0.319 e. The molecule has 3 nitrogen and oxygen atoms in total. The second-order valence-corrected chi connectivity index (χ2v) is 5.27. The zero-order valence-corrected chi connectivity index (χ0v) is 10.2. The van der Waals surface area contributed by atoms with E-state index in [0.29, 0.717) is 11.3 Å². The first kappa shape index (κ1) is 10.7. The van der Waals surface area contributed by atoms with Gasteiger partial charge in [0.15, 0.2) is 0 Å². The van der Waals surface area contributed by atoms with Crippen LogP contribution in [0, 0.1) is 5.41 Å². The fraction of sp³-hybridized carbons (Fsp3) is 0.750. The van der Waals surface area contributed by atoms with Crippen molar-refractivity contribution < 1.29 is 0 Å². The molecule has 1 heterocycles. The molecule has 0 aromatic carbocycles. The number of hydrogen-bond acceptors (Lipinski definition) is 2. The van der Waals surface area contributed by atoms with E-state index in [1.807, 2.05) is 18.8 Å². The van der Waals surface area contributed by atoms with Crippen molar-refractivity contribution in [1.29, 1.82) is 0 Å². The van der Waals surface area contributed by atoms with Crippen LogP contribution >= 0.6 is 0 Å². The zero-order valence-electron chi connectivity index (χ0n) is 10.2. The van der Waals surface area contributed by atoms with Crippen molar-refractivity contribution in [2.45, 2.75) is 32.6 Å². The Balaban J connectivity index is 2.39. The Bertz CT molecular complexity index is 352. The Labute approximate surface area is 91.9 Å². The van der Waals surface area contributed by atoms with Gasteiger partial charge < -0.3 is 5.32 Å². The van der Waals surface area contributed by atoms with Crippen LogP contribution in [-0.4, -0.2) is 23.4 Å². The lowest BCUT2D eigenvalue weighted by molar-refractivity contribution is 0.238. The maximum atomic E-state index is 4.39. The van der Waals surface area contributed by atoms with E-state index in [2.05, 4.69) is 30.5 Å². The summed E-state index contributed by atoms with van der Waals surface area (Å²) in [5.74, 6) is 0.597. The minimum absolute atomic E-state index is 0.388. The van der Waals surface area contributed by atoms with E-state index in [1.54, 1.807) is 0 Å². The standard InChI is InChI=1S/C12H21N3/c1-12(2)6-5-11-9(7-14-15(11)4)10(12)8-13-3/h7,10,13H,5-6,8H2,1-4H3. The molecule has 84 valence electrons. The van der Waals surface area contributed by atoms with E-state index in [4.69, 9.17) is 0 Å². The monoisotopic (exact) mass is 207 g/mol. The van der Waals surface area contributed by atoms with Crippen molar-refractivity contribution >= 4 is 0 Å². The average Bonchev–Trinajstić information content (AvgIpc) is 2.53. The molecule has 1 N–H and O–H groups in total. The first-order chi connectivity index (χ1) is 7.06. The lowest BCUT2D eigenvalue weighted by Crippen LogP contribution is -2.34. The van der Waals surface area contributed by atoms with E-state index in [1.165, 1.54) is 24.1 Å². The molecule has 0 amide bonds. The van der Waals surface area contributed by atoms with Crippen LogP contribution in [0.4, 0.5) is 0 Å². The van der Waals surface area contributed by atoms with Gasteiger partial charge in [0.1, 0.15) is 0 Å². The zero-order chi connectivity index (χ0) is 11.1. The topological polar surface area (TPSA) is 29.9 Å². The molecule has 0 saturated heterocycles. The smallest absolute Gasteiger partial charge is 0.0528 e. The third-order valence-electron chi connectivity index (χ3n) is 3.83. The molecular weight excluding hydrogens is 186 g/mol. The lowest BCUT2D eigenvalue weighted by Gasteiger charge is -2.38. The molecule has 3 heteroatoms. The highest BCUT2D eigenvalue weighted by molar-refractivity contribution is 5.28. The fourth-order valence-corrected chi connectivity index (χ4v) is 2.70. The number of aromatic nitrogens is 2. The maximum absolute atomic E-state index is 4.39. The highest BCUT2D eigenvalue weighted by atomic mass is 15.3. The lowest BCUT2D eigenvalue weighted by atomic mass is 9.68. The molecule has 0 saturated carbocycles. The van der Waals surface area contributed by atoms with Crippen molar-refractivity contribution in [2.75, 3.05) is 13.6 Å². The van der Waals surface area contributed by atoms with Crippen LogP contribution in [0.5, 0.6) is 0 Å². The van der Waals surface area contributed by atoms with Crippen LogP contribution in [-0.2, 0) is 13.5 Å². The molecule has 1 aliphatic carbocycles. The van der Waals surface area contributed by atoms with Gasteiger partial charge in [0.25, 0.3) is 0 Å². The number of likely N-dealkylation sites (N-methyl/N-ethyl adjacent to an activating group) is 1. The predicted molar refractivity (Wildman–Crippen MR) is 62.0 cm³/mol. The first-order valence-corrected chi connectivity index (χ1v) is 5.71. The van der Waals surface area contributed by atoms with E-state index >= 15 is 0 Å². The summed E-state index contributed by atoms with van der Waals surface area (Å²) in [5, 5.41) is 7.69. The summed E-state index contributed by atoms with van der Waals surface area (Å²) in [7, 11) is 4.08. The molecule has 1 unspecified atom stereocenters. The van der Waals surface area contributed by atoms with Crippen LogP contribution in [0.2, 0.25) is 0 Å². The second kappa shape index (κ2) is 3.63. The molecule has 1 aliphatic rings. The fourth-order valence-electron chi connectivity index (χ4n) is 2.70. The molecule has 0 aliphatic heterocycles. The third kappa shape index (κ3) is 1.69. The summed E-state index contributed by atoms with van der Waals surface area (Å²) in [6.45, 7) is 5.78. The van der Waals surface area contributed by atoms with Gasteiger partial charge in [0, 0.05) is 25.2 Å². The molecule has 0 spiro atoms. The average molecular weight is 207 g/mol. The summed E-state index contributed by atoms with van der Waals surface area (Å²) in [6.07, 6.45) is 4.48. The van der Waals surface area contributed by atoms with E-state index in [-0.39, 0.29) is 0 Å². The summed E-state index contributed by atoms with van der Waals surface area (Å²) in [5.41, 5.74) is 3.26. The highest BCUT2D eigenvalue weighted by Crippen LogP contribution is 2.44. The minimum atomic E-state index is 0.388. The SMILES string of the molecule is CNCC1c2cnn(C)c2CCC1(C)C. The van der Waals surface area contributed by atoms with Crippen molar-refractivity contribution in [3.63, 3.8) is 0 Å². The molecule has 2 rings (SSSR count). The normalized spacial score (nSPS) is 23.9. The number of rotatable bonds is 2. The largest absolute Gasteiger partial charge is 0.319 e. The maximum Gasteiger partial charge on any atom is 0.0528 e. The van der Waals surface area contributed by atoms with Crippen molar-refractivity contribution in [1.82, 2.24) is 15.1 Å². The number of fused-ring (bicyclic) bond motifs is 1. The first-order valence-electron chi connectivity index (χ1n) is 5.71. The molecule has 0 radical (unpaired) electrons. The van der Waals surface area contributed by atoms with Crippen molar-refractivity contribution in [3.05, 3.63) is 17.5 Å². The summed E-state index contributed by atoms with van der Waals surface area (Å²) >= 11 is 0. The molecule has 0 fully saturated rings. The summed E-state index contributed by atoms with van der Waals surface area (Å²) in [6, 6.07) is 0. The Morgan fingerprint density at radius 3 is 3.00 bits per heavy atom. The van der Waals surface area contributed by atoms with Gasteiger partial charge in [0.2, 0.25) is 0 Å². The molecule has 15 heavy (non-hydrogen) atoms. The van der Waals surface area contributed by atoms with Crippen molar-refractivity contribution in [3.8, 4) is 0 Å². The van der Waals surface area contributed by atoms with Gasteiger partial charge in [-0.3, -0.25) is 4.68 Å². The van der Waals surface area contributed by atoms with Crippen LogP contribution in [0.15, 0.2) is 6.20 Å². The second-order valence-electron chi connectivity index (χ2n) is 5.27. The molecule has 1 aromatic rings. The van der Waals surface area contributed by atoms with E-state index in [0.717, 1.165) is 6.54 Å². The Hall–Kier alpha value is -0.830. The summed E-state index contributed by atoms with van der Waals surface area (Å²) in [4.78, 5) is 0. The van der Waals surface area contributed by atoms with Crippen LogP contribution in [0.25, 0.3) is 0 Å². The van der Waals surface area contributed by atoms with Gasteiger partial charge in [-0.05, 0) is 30.9 Å². The number of nitrogens with zero attached hydrogens (tertiary/aromatic N) is 2. The van der Waals surface area contributed by atoms with Crippen LogP contribution in [0.3, 0.4) is 0 Å². The number of nitrogens with one attached hydrogen (secondary N) is 1. The quantitative estimate of drug-likeness (QED) is 0.800. The predicted octanol–water partition coefficient (Wildman–Crippen LogP) is 1.70. The Kier molecular flexibility index (Phi) is 2.59. The van der Waals surface area contributed by atoms with Gasteiger partial charge >= 0.3 is 0 Å². The number of aryl methyl sites for hydroxylation is 1. The Morgan fingerprint density at radius 2 is 2.33 bits per heavy atom. The third-order valence-corrected chi connectivity index (χ3v) is 3.83. The van der Waals surface area contributed by atoms with Gasteiger partial charge in [-0.25, -0.2) is 0 Å². The van der Waals surface area contributed by atoms with E-state index in [9.17, 15) is 0 Å². The van der Waals surface area contributed by atoms with E-state index < -0.39 is 0 Å². The van der Waals surface area contributed by atoms with Gasteiger partial charge in [-0.2, -0.15) is 5.10 Å². The summed E-state index contributed by atoms with van der Waals surface area (Å²) < 4.78 is 2.03.